The fourth-order valence-corrected chi connectivity index (χ4v) is 3.47. The van der Waals surface area contributed by atoms with Gasteiger partial charge in [-0.15, -0.1) is 0 Å². The Morgan fingerprint density at radius 2 is 1.33 bits per heavy atom. The van der Waals surface area contributed by atoms with Gasteiger partial charge in [0, 0.05) is 39.3 Å². The van der Waals surface area contributed by atoms with E-state index in [2.05, 4.69) is 17.6 Å². The van der Waals surface area contributed by atoms with Crippen molar-refractivity contribution >= 4 is 29.4 Å². The molecule has 0 bridgehead atoms. The second-order valence-electron chi connectivity index (χ2n) is 8.38. The normalized spacial score (nSPS) is 14.2. The zero-order valence-electron chi connectivity index (χ0n) is 20.5. The molecule has 0 saturated carbocycles. The molecule has 190 valence electrons. The van der Waals surface area contributed by atoms with E-state index in [4.69, 9.17) is 5.11 Å². The molecular formula is C24H41N2O6W-. The Bertz CT molecular complexity index is 640. The molecule has 0 spiro atoms. The van der Waals surface area contributed by atoms with Crippen molar-refractivity contribution in [3.05, 3.63) is 6.92 Å². The van der Waals surface area contributed by atoms with Crippen LogP contribution in [0.15, 0.2) is 0 Å². The number of amides is 2. The quantitative estimate of drug-likeness (QED) is 0.198. The molecule has 0 aromatic rings. The smallest absolute Gasteiger partial charge is 0.304 e. The Morgan fingerprint density at radius 3 is 1.79 bits per heavy atom. The van der Waals surface area contributed by atoms with Gasteiger partial charge >= 0.3 is 5.97 Å². The molecule has 33 heavy (non-hydrogen) atoms. The van der Waals surface area contributed by atoms with Crippen molar-refractivity contribution in [1.82, 2.24) is 10.6 Å². The Balaban J connectivity index is 0. The van der Waals surface area contributed by atoms with Gasteiger partial charge in [0.25, 0.3) is 0 Å². The van der Waals surface area contributed by atoms with Crippen molar-refractivity contribution in [3.8, 4) is 0 Å². The third-order valence-corrected chi connectivity index (χ3v) is 5.66. The Labute approximate surface area is 212 Å². The monoisotopic (exact) mass is 637 g/mol. The maximum absolute atomic E-state index is 12.9. The van der Waals surface area contributed by atoms with Crippen molar-refractivity contribution in [2.45, 2.75) is 104 Å². The molecule has 0 aromatic carbocycles. The van der Waals surface area contributed by atoms with E-state index in [-0.39, 0.29) is 57.8 Å². The number of hydrogen-bond donors (Lipinski definition) is 3. The number of hydrogen-bond acceptors (Lipinski definition) is 5. The third kappa shape index (κ3) is 13.7. The summed E-state index contributed by atoms with van der Waals surface area (Å²) in [5.74, 6) is -3.66. The van der Waals surface area contributed by atoms with Crippen molar-refractivity contribution < 1.29 is 50.1 Å². The molecule has 0 unspecified atom stereocenters. The van der Waals surface area contributed by atoms with Gasteiger partial charge in [-0.25, -0.2) is 0 Å². The second-order valence-corrected chi connectivity index (χ2v) is 8.38. The van der Waals surface area contributed by atoms with Crippen LogP contribution >= 0.6 is 0 Å². The Morgan fingerprint density at radius 1 is 0.818 bits per heavy atom. The second kappa shape index (κ2) is 18.8. The molecule has 8 nitrogen and oxygen atoms in total. The molecule has 9 heteroatoms. The molecule has 3 N–H and O–H groups in total. The maximum atomic E-state index is 12.9. The van der Waals surface area contributed by atoms with Crippen molar-refractivity contribution in [2.75, 3.05) is 0 Å². The number of aliphatic carboxylic acids is 1. The van der Waals surface area contributed by atoms with Gasteiger partial charge in [-0.05, 0) is 26.2 Å². The number of unbranched alkanes of at least 4 members (excludes halogenated alkanes) is 2. The van der Waals surface area contributed by atoms with Gasteiger partial charge in [0.15, 0.2) is 11.6 Å². The molecule has 0 heterocycles. The summed E-state index contributed by atoms with van der Waals surface area (Å²) in [4.78, 5) is 61.1. The molecule has 0 aliphatic heterocycles. The van der Waals surface area contributed by atoms with E-state index < -0.39 is 35.8 Å². The van der Waals surface area contributed by atoms with Gasteiger partial charge in [0.1, 0.15) is 0 Å². The topological polar surface area (TPSA) is 130 Å². The number of carbonyl (C=O) groups excluding carboxylic acids is 4. The fraction of sp³-hybridized carbons (Fsp3) is 0.750. The minimum atomic E-state index is -1.08. The Hall–Kier alpha value is -1.56. The molecule has 0 fully saturated rings. The molecular weight excluding hydrogens is 596 g/mol. The van der Waals surface area contributed by atoms with Gasteiger partial charge in [-0.2, -0.15) is 6.42 Å². The van der Waals surface area contributed by atoms with Crippen LogP contribution in [0.5, 0.6) is 0 Å². The van der Waals surface area contributed by atoms with Gasteiger partial charge < -0.3 is 22.7 Å². The SMILES string of the molecule is [CH2-]C[C@H](NC(=O)[C@@H](CC)CC(=O)O)C(=O)C[C@@H](CCCC)C(=O)N[C@@H](CCCC)C(C)=O.[W]. The van der Waals surface area contributed by atoms with Gasteiger partial charge in [-0.1, -0.05) is 46.5 Å². The van der Waals surface area contributed by atoms with E-state index in [1.165, 1.54) is 6.92 Å². The Kier molecular flexibility index (Phi) is 19.2. The van der Waals surface area contributed by atoms with Crippen molar-refractivity contribution in [3.63, 3.8) is 0 Å². The van der Waals surface area contributed by atoms with E-state index in [0.29, 0.717) is 19.3 Å². The molecule has 0 saturated heterocycles. The standard InChI is InChI=1S/C24H41N2O6.W/c1-6-10-12-18(24(32)26-20(16(5)27)13-11-7-2)14-21(28)19(9-4)25-23(31)17(8-3)15-22(29)30;/h17-20H,4,6-15H2,1-3,5H3,(H,25,31)(H,26,32)(H,29,30);/q-1;/t17-,18+,19-,20-;/m0./s1. The van der Waals surface area contributed by atoms with E-state index in [1.807, 2.05) is 13.8 Å². The van der Waals surface area contributed by atoms with Gasteiger partial charge in [-0.3, -0.25) is 24.0 Å². The van der Waals surface area contributed by atoms with Crippen LogP contribution in [0.3, 0.4) is 0 Å². The molecule has 0 aliphatic rings. The summed E-state index contributed by atoms with van der Waals surface area (Å²) in [5, 5.41) is 14.4. The van der Waals surface area contributed by atoms with Gasteiger partial charge in [0.05, 0.1) is 18.5 Å². The largest absolute Gasteiger partial charge is 0.481 e. The summed E-state index contributed by atoms with van der Waals surface area (Å²) < 4.78 is 0. The summed E-state index contributed by atoms with van der Waals surface area (Å²) in [7, 11) is 0. The van der Waals surface area contributed by atoms with E-state index in [9.17, 15) is 24.0 Å². The van der Waals surface area contributed by atoms with E-state index in [0.717, 1.165) is 25.7 Å². The fourth-order valence-electron chi connectivity index (χ4n) is 3.47. The first-order chi connectivity index (χ1) is 15.1. The minimum Gasteiger partial charge on any atom is -0.481 e. The van der Waals surface area contributed by atoms with Crippen LogP contribution in [0.4, 0.5) is 0 Å². The summed E-state index contributed by atoms with van der Waals surface area (Å²) in [6.45, 7) is 10.9. The van der Waals surface area contributed by atoms with Crippen LogP contribution in [0.2, 0.25) is 0 Å². The summed E-state index contributed by atoms with van der Waals surface area (Å²) >= 11 is 0. The molecule has 2 amide bonds. The van der Waals surface area contributed by atoms with Crippen LogP contribution in [0, 0.1) is 18.8 Å². The molecule has 0 rings (SSSR count). The minimum absolute atomic E-state index is 0. The van der Waals surface area contributed by atoms with Gasteiger partial charge in [0.2, 0.25) is 11.8 Å². The molecule has 0 aliphatic carbocycles. The number of rotatable bonds is 18. The first kappa shape index (κ1) is 33.6. The zero-order chi connectivity index (χ0) is 24.7. The van der Waals surface area contributed by atoms with Crippen LogP contribution in [-0.2, 0) is 45.0 Å². The number of Topliss-reactive ketones (excluding diaryl/α,β-unsaturated/α-hetero) is 2. The number of carbonyl (C=O) groups is 5. The number of ketones is 2. The predicted molar refractivity (Wildman–Crippen MR) is 123 cm³/mol. The summed E-state index contributed by atoms with van der Waals surface area (Å²) in [5.41, 5.74) is 0. The van der Waals surface area contributed by atoms with Crippen molar-refractivity contribution in [2.24, 2.45) is 11.8 Å². The first-order valence-electron chi connectivity index (χ1n) is 11.8. The summed E-state index contributed by atoms with van der Waals surface area (Å²) in [6.07, 6.45) is 4.44. The third-order valence-electron chi connectivity index (χ3n) is 5.66. The number of carboxylic acids is 1. The van der Waals surface area contributed by atoms with E-state index in [1.54, 1.807) is 6.92 Å². The average molecular weight is 637 g/mol. The van der Waals surface area contributed by atoms with Crippen molar-refractivity contribution in [1.29, 1.82) is 0 Å². The first-order valence-corrected chi connectivity index (χ1v) is 11.8. The number of nitrogens with one attached hydrogen (secondary N) is 2. The van der Waals surface area contributed by atoms with E-state index >= 15 is 0 Å². The summed E-state index contributed by atoms with van der Waals surface area (Å²) in [6, 6.07) is -1.45. The average Bonchev–Trinajstić information content (AvgIpc) is 2.74. The van der Waals surface area contributed by atoms with Crippen LogP contribution < -0.4 is 10.6 Å². The molecule has 0 aromatic heterocycles. The molecule has 0 radical (unpaired) electrons. The number of carboxylic acid groups (broad SMARTS) is 1. The van der Waals surface area contributed by atoms with Crippen LogP contribution in [0.25, 0.3) is 0 Å². The van der Waals surface area contributed by atoms with Crippen LogP contribution in [0.1, 0.15) is 91.9 Å². The van der Waals surface area contributed by atoms with Crippen LogP contribution in [-0.4, -0.2) is 46.5 Å². The zero-order valence-corrected chi connectivity index (χ0v) is 23.4. The molecule has 4 atom stereocenters. The maximum Gasteiger partial charge on any atom is 0.304 e. The predicted octanol–water partition coefficient (Wildman–Crippen LogP) is 3.22.